The van der Waals surface area contributed by atoms with Crippen LogP contribution in [0.25, 0.3) is 0 Å². The van der Waals surface area contributed by atoms with Crippen LogP contribution < -0.4 is 15.4 Å². The minimum absolute atomic E-state index is 0.181. The van der Waals surface area contributed by atoms with E-state index in [1.807, 2.05) is 18.2 Å². The van der Waals surface area contributed by atoms with Crippen LogP contribution in [0.5, 0.6) is 5.75 Å². The van der Waals surface area contributed by atoms with Crippen molar-refractivity contribution in [3.63, 3.8) is 0 Å². The van der Waals surface area contributed by atoms with E-state index in [1.165, 1.54) is 18.3 Å². The van der Waals surface area contributed by atoms with Gasteiger partial charge in [-0.05, 0) is 70.4 Å². The fourth-order valence-electron chi connectivity index (χ4n) is 2.75. The number of carbonyl (C=O) groups is 2. The predicted octanol–water partition coefficient (Wildman–Crippen LogP) is 4.82. The molecule has 0 fully saturated rings. The zero-order valence-electron chi connectivity index (χ0n) is 16.1. The van der Waals surface area contributed by atoms with E-state index in [1.54, 1.807) is 25.3 Å². The number of carbonyl (C=O) groups excluding carboxylic acids is 2. The van der Waals surface area contributed by atoms with Gasteiger partial charge in [0.2, 0.25) is 5.91 Å². The van der Waals surface area contributed by atoms with E-state index in [0.717, 1.165) is 16.1 Å². The van der Waals surface area contributed by atoms with Crippen molar-refractivity contribution in [2.24, 2.45) is 0 Å². The molecule has 0 spiro atoms. The van der Waals surface area contributed by atoms with Crippen molar-refractivity contribution < 1.29 is 18.7 Å². The number of hydrogen-bond acceptors (Lipinski definition) is 4. The summed E-state index contributed by atoms with van der Waals surface area (Å²) in [7, 11) is 1.58. The smallest absolute Gasteiger partial charge is 0.274 e. The SMILES string of the molecule is COc1ccc(CCC(=O)Nc2cc(F)ccc2NC(=O)c2ccccn2)cc1Br. The number of hydrogen-bond donors (Lipinski definition) is 2. The van der Waals surface area contributed by atoms with Gasteiger partial charge < -0.3 is 15.4 Å². The van der Waals surface area contributed by atoms with Crippen LogP contribution in [0.15, 0.2) is 65.3 Å². The van der Waals surface area contributed by atoms with Crippen LogP contribution in [-0.2, 0) is 11.2 Å². The topological polar surface area (TPSA) is 80.3 Å². The Labute approximate surface area is 181 Å². The third-order valence-corrected chi connectivity index (χ3v) is 4.88. The Morgan fingerprint density at radius 1 is 1.07 bits per heavy atom. The van der Waals surface area contributed by atoms with E-state index >= 15 is 0 Å². The Morgan fingerprint density at radius 3 is 2.60 bits per heavy atom. The summed E-state index contributed by atoms with van der Waals surface area (Å²) in [6.45, 7) is 0. The van der Waals surface area contributed by atoms with Gasteiger partial charge in [0.1, 0.15) is 17.3 Å². The maximum absolute atomic E-state index is 13.7. The van der Waals surface area contributed by atoms with Crippen LogP contribution in [-0.4, -0.2) is 23.9 Å². The molecular weight excluding hydrogens is 453 g/mol. The minimum atomic E-state index is -0.528. The highest BCUT2D eigenvalue weighted by atomic mass is 79.9. The molecule has 154 valence electrons. The molecule has 6 nitrogen and oxygen atoms in total. The van der Waals surface area contributed by atoms with E-state index in [4.69, 9.17) is 4.74 Å². The minimum Gasteiger partial charge on any atom is -0.496 e. The number of anilines is 2. The summed E-state index contributed by atoms with van der Waals surface area (Å²) in [5.41, 5.74) is 1.62. The molecule has 0 unspecified atom stereocenters. The Hall–Kier alpha value is -3.26. The molecule has 0 aliphatic heterocycles. The van der Waals surface area contributed by atoms with E-state index < -0.39 is 11.7 Å². The van der Waals surface area contributed by atoms with Crippen molar-refractivity contribution in [3.8, 4) is 5.75 Å². The molecule has 2 aromatic carbocycles. The number of pyridine rings is 1. The van der Waals surface area contributed by atoms with Gasteiger partial charge >= 0.3 is 0 Å². The second-order valence-corrected chi connectivity index (χ2v) is 7.23. The summed E-state index contributed by atoms with van der Waals surface area (Å²) in [5, 5.41) is 5.32. The maximum Gasteiger partial charge on any atom is 0.274 e. The second-order valence-electron chi connectivity index (χ2n) is 6.38. The number of nitrogens with one attached hydrogen (secondary N) is 2. The number of amides is 2. The van der Waals surface area contributed by atoms with Crippen LogP contribution in [0.2, 0.25) is 0 Å². The molecule has 30 heavy (non-hydrogen) atoms. The molecule has 0 radical (unpaired) electrons. The van der Waals surface area contributed by atoms with Crippen LogP contribution in [0.3, 0.4) is 0 Å². The summed E-state index contributed by atoms with van der Waals surface area (Å²) in [5.74, 6) is -0.585. The Balaban J connectivity index is 1.66. The molecule has 0 bridgehead atoms. The molecule has 3 rings (SSSR count). The molecule has 2 N–H and O–H groups in total. The van der Waals surface area contributed by atoms with Gasteiger partial charge in [-0.25, -0.2) is 4.39 Å². The average molecular weight is 472 g/mol. The van der Waals surface area contributed by atoms with Crippen LogP contribution >= 0.6 is 15.9 Å². The van der Waals surface area contributed by atoms with E-state index in [9.17, 15) is 14.0 Å². The summed E-state index contributed by atoms with van der Waals surface area (Å²) < 4.78 is 19.7. The largest absolute Gasteiger partial charge is 0.496 e. The Bertz CT molecular complexity index is 1060. The molecular formula is C22H19BrFN3O3. The van der Waals surface area contributed by atoms with Gasteiger partial charge in [-0.2, -0.15) is 0 Å². The summed E-state index contributed by atoms with van der Waals surface area (Å²) in [6.07, 6.45) is 2.17. The summed E-state index contributed by atoms with van der Waals surface area (Å²) >= 11 is 3.42. The number of aryl methyl sites for hydroxylation is 1. The fourth-order valence-corrected chi connectivity index (χ4v) is 3.34. The van der Waals surface area contributed by atoms with Gasteiger partial charge in [-0.3, -0.25) is 14.6 Å². The third-order valence-electron chi connectivity index (χ3n) is 4.26. The molecule has 3 aromatic rings. The number of nitrogens with zero attached hydrogens (tertiary/aromatic N) is 1. The van der Waals surface area contributed by atoms with Crippen LogP contribution in [0.4, 0.5) is 15.8 Å². The molecule has 2 amide bonds. The first-order valence-electron chi connectivity index (χ1n) is 9.10. The quantitative estimate of drug-likeness (QED) is 0.517. The first-order chi connectivity index (χ1) is 14.5. The van der Waals surface area contributed by atoms with Crippen molar-refractivity contribution in [3.05, 3.63) is 82.3 Å². The highest BCUT2D eigenvalue weighted by molar-refractivity contribution is 9.10. The fraction of sp³-hybridized carbons (Fsp3) is 0.136. The number of methoxy groups -OCH3 is 1. The van der Waals surface area contributed by atoms with E-state index in [-0.39, 0.29) is 29.4 Å². The first kappa shape index (κ1) is 21.4. The van der Waals surface area contributed by atoms with Crippen LogP contribution in [0.1, 0.15) is 22.5 Å². The van der Waals surface area contributed by atoms with Crippen molar-refractivity contribution in [1.29, 1.82) is 0 Å². The molecule has 1 heterocycles. The monoisotopic (exact) mass is 471 g/mol. The van der Waals surface area contributed by atoms with Crippen molar-refractivity contribution in [1.82, 2.24) is 4.98 Å². The zero-order chi connectivity index (χ0) is 21.5. The lowest BCUT2D eigenvalue weighted by atomic mass is 10.1. The normalized spacial score (nSPS) is 10.4. The molecule has 0 aliphatic carbocycles. The molecule has 1 aromatic heterocycles. The van der Waals surface area contributed by atoms with Gasteiger partial charge in [0.25, 0.3) is 5.91 Å². The predicted molar refractivity (Wildman–Crippen MR) is 116 cm³/mol. The highest BCUT2D eigenvalue weighted by Gasteiger charge is 2.13. The Kier molecular flexibility index (Phi) is 7.13. The van der Waals surface area contributed by atoms with Crippen molar-refractivity contribution >= 4 is 39.1 Å². The Morgan fingerprint density at radius 2 is 1.90 bits per heavy atom. The first-order valence-corrected chi connectivity index (χ1v) is 9.90. The van der Waals surface area contributed by atoms with Gasteiger partial charge in [-0.1, -0.05) is 12.1 Å². The standard InChI is InChI=1S/C22H19BrFN3O3/c1-30-20-9-5-14(12-16(20)23)6-10-21(28)26-19-13-15(24)7-8-17(19)27-22(29)18-4-2-3-11-25-18/h2-5,7-9,11-13H,6,10H2,1H3,(H,26,28)(H,27,29). The van der Waals surface area contributed by atoms with E-state index in [0.29, 0.717) is 12.2 Å². The van der Waals surface area contributed by atoms with Gasteiger partial charge in [0.05, 0.1) is 23.0 Å². The highest BCUT2D eigenvalue weighted by Crippen LogP contribution is 2.27. The lowest BCUT2D eigenvalue weighted by molar-refractivity contribution is -0.116. The summed E-state index contributed by atoms with van der Waals surface area (Å²) in [6, 6.07) is 14.3. The van der Waals surface area contributed by atoms with E-state index in [2.05, 4.69) is 31.5 Å². The number of rotatable bonds is 7. The number of aromatic nitrogens is 1. The van der Waals surface area contributed by atoms with Crippen molar-refractivity contribution in [2.45, 2.75) is 12.8 Å². The van der Waals surface area contributed by atoms with Gasteiger partial charge in [-0.15, -0.1) is 0 Å². The average Bonchev–Trinajstić information content (AvgIpc) is 2.75. The zero-order valence-corrected chi connectivity index (χ0v) is 17.7. The molecule has 0 atom stereocenters. The molecule has 0 aliphatic rings. The van der Waals surface area contributed by atoms with Gasteiger partial charge in [0.15, 0.2) is 0 Å². The lowest BCUT2D eigenvalue weighted by Gasteiger charge is -2.13. The second kappa shape index (κ2) is 9.98. The number of ether oxygens (including phenoxy) is 1. The molecule has 0 saturated heterocycles. The molecule has 0 saturated carbocycles. The lowest BCUT2D eigenvalue weighted by Crippen LogP contribution is -2.18. The van der Waals surface area contributed by atoms with Crippen LogP contribution in [0, 0.1) is 5.82 Å². The third kappa shape index (κ3) is 5.64. The number of halogens is 2. The van der Waals surface area contributed by atoms with Gasteiger partial charge in [0, 0.05) is 12.6 Å². The molecule has 8 heteroatoms. The number of benzene rings is 2. The maximum atomic E-state index is 13.7. The van der Waals surface area contributed by atoms with Crippen molar-refractivity contribution in [2.75, 3.05) is 17.7 Å². The summed E-state index contributed by atoms with van der Waals surface area (Å²) in [4.78, 5) is 28.7.